The maximum atomic E-state index is 13.0. The van der Waals surface area contributed by atoms with E-state index in [4.69, 9.17) is 4.74 Å². The van der Waals surface area contributed by atoms with E-state index in [0.29, 0.717) is 34.5 Å². The molecule has 1 aromatic carbocycles. The number of aryl methyl sites for hydroxylation is 1. The highest BCUT2D eigenvalue weighted by Crippen LogP contribution is 2.40. The molecule has 0 unspecified atom stereocenters. The summed E-state index contributed by atoms with van der Waals surface area (Å²) in [7, 11) is 0. The molecule has 30 heavy (non-hydrogen) atoms. The summed E-state index contributed by atoms with van der Waals surface area (Å²) in [6, 6.07) is 12.1. The fourth-order valence-electron chi connectivity index (χ4n) is 3.80. The van der Waals surface area contributed by atoms with Crippen molar-refractivity contribution < 1.29 is 14.3 Å². The second-order valence-corrected chi connectivity index (χ2v) is 9.35. The van der Waals surface area contributed by atoms with Gasteiger partial charge in [-0.2, -0.15) is 0 Å². The van der Waals surface area contributed by atoms with Crippen molar-refractivity contribution in [1.82, 2.24) is 4.98 Å². The van der Waals surface area contributed by atoms with Crippen LogP contribution < -0.4 is 10.2 Å². The van der Waals surface area contributed by atoms with Crippen molar-refractivity contribution in [2.45, 2.75) is 19.3 Å². The van der Waals surface area contributed by atoms with Crippen LogP contribution in [-0.2, 0) is 11.2 Å². The number of nitrogens with one attached hydrogen (secondary N) is 1. The van der Waals surface area contributed by atoms with Gasteiger partial charge >= 0.3 is 0 Å². The zero-order valence-corrected chi connectivity index (χ0v) is 18.0. The summed E-state index contributed by atoms with van der Waals surface area (Å²) in [5, 5.41) is 4.50. The van der Waals surface area contributed by atoms with Crippen molar-refractivity contribution in [2.24, 2.45) is 0 Å². The lowest BCUT2D eigenvalue weighted by Crippen LogP contribution is -2.35. The number of ether oxygens (including phenoxy) is 1. The van der Waals surface area contributed by atoms with Crippen LogP contribution in [0.1, 0.15) is 37.9 Å². The SMILES string of the molecule is O=C(Nc1nc2c(s1)C(=O)CCC2)c1cc(-c2ccccc2)c(N2CCOCC2)s1. The van der Waals surface area contributed by atoms with Crippen LogP contribution in [-0.4, -0.2) is 43.0 Å². The number of fused-ring (bicyclic) bond motifs is 1. The Bertz CT molecular complexity index is 1080. The molecule has 154 valence electrons. The Balaban J connectivity index is 1.44. The molecule has 5 rings (SSSR count). The number of benzene rings is 1. The Morgan fingerprint density at radius 3 is 2.67 bits per heavy atom. The van der Waals surface area contributed by atoms with Gasteiger partial charge in [0.15, 0.2) is 10.9 Å². The molecule has 6 nitrogen and oxygen atoms in total. The average Bonchev–Trinajstić information content (AvgIpc) is 3.40. The summed E-state index contributed by atoms with van der Waals surface area (Å²) in [5.41, 5.74) is 2.96. The predicted molar refractivity (Wildman–Crippen MR) is 120 cm³/mol. The molecule has 3 aromatic rings. The Morgan fingerprint density at radius 1 is 1.10 bits per heavy atom. The lowest BCUT2D eigenvalue weighted by atomic mass is 10.0. The molecule has 0 atom stereocenters. The van der Waals surface area contributed by atoms with Gasteiger partial charge in [0, 0.05) is 25.1 Å². The highest BCUT2D eigenvalue weighted by atomic mass is 32.1. The summed E-state index contributed by atoms with van der Waals surface area (Å²) in [5.74, 6) is -0.0541. The van der Waals surface area contributed by atoms with Gasteiger partial charge in [0.25, 0.3) is 5.91 Å². The number of anilines is 2. The fourth-order valence-corrected chi connectivity index (χ4v) is 5.90. The van der Waals surface area contributed by atoms with E-state index >= 15 is 0 Å². The number of hydrogen-bond acceptors (Lipinski definition) is 7. The largest absolute Gasteiger partial charge is 0.378 e. The molecular formula is C22H21N3O3S2. The number of morpholine rings is 1. The Kier molecular flexibility index (Phi) is 5.37. The van der Waals surface area contributed by atoms with Crippen molar-refractivity contribution in [3.05, 3.63) is 51.8 Å². The van der Waals surface area contributed by atoms with E-state index in [1.807, 2.05) is 24.3 Å². The van der Waals surface area contributed by atoms with Crippen LogP contribution >= 0.6 is 22.7 Å². The number of amides is 1. The van der Waals surface area contributed by atoms with Gasteiger partial charge in [0.05, 0.1) is 33.7 Å². The van der Waals surface area contributed by atoms with Crippen molar-refractivity contribution in [3.63, 3.8) is 0 Å². The number of hydrogen-bond donors (Lipinski definition) is 1. The van der Waals surface area contributed by atoms with E-state index in [2.05, 4.69) is 27.3 Å². The number of rotatable bonds is 4. The number of Topliss-reactive ketones (excluding diaryl/α,β-unsaturated/α-hetero) is 1. The first-order valence-electron chi connectivity index (χ1n) is 10.1. The predicted octanol–water partition coefficient (Wildman–Crippen LogP) is 4.48. The molecule has 0 radical (unpaired) electrons. The van der Waals surface area contributed by atoms with E-state index in [9.17, 15) is 9.59 Å². The number of ketones is 1. The standard InChI is InChI=1S/C22H21N3O3S2/c26-17-8-4-7-16-19(17)30-22(23-16)24-20(27)18-13-15(14-5-2-1-3-6-14)21(29-18)25-9-11-28-12-10-25/h1-3,5-6,13H,4,7-12H2,(H,23,24,27). The van der Waals surface area contributed by atoms with E-state index in [-0.39, 0.29) is 11.7 Å². The molecule has 0 saturated carbocycles. The number of aromatic nitrogens is 1. The molecule has 1 aliphatic carbocycles. The summed E-state index contributed by atoms with van der Waals surface area (Å²) in [6.45, 7) is 2.99. The minimum atomic E-state index is -0.185. The molecule has 2 aromatic heterocycles. The first-order valence-corrected chi connectivity index (χ1v) is 11.7. The third-order valence-electron chi connectivity index (χ3n) is 5.31. The molecule has 1 fully saturated rings. The van der Waals surface area contributed by atoms with Crippen molar-refractivity contribution in [1.29, 1.82) is 0 Å². The van der Waals surface area contributed by atoms with Crippen LogP contribution in [0.2, 0.25) is 0 Å². The highest BCUT2D eigenvalue weighted by molar-refractivity contribution is 7.19. The maximum absolute atomic E-state index is 13.0. The van der Waals surface area contributed by atoms with Crippen molar-refractivity contribution in [3.8, 4) is 11.1 Å². The maximum Gasteiger partial charge on any atom is 0.267 e. The zero-order valence-electron chi connectivity index (χ0n) is 16.3. The Morgan fingerprint density at radius 2 is 1.90 bits per heavy atom. The monoisotopic (exact) mass is 439 g/mol. The van der Waals surface area contributed by atoms with Gasteiger partial charge in [-0.25, -0.2) is 4.98 Å². The minimum absolute atomic E-state index is 0.131. The first kappa shape index (κ1) is 19.4. The molecule has 1 amide bonds. The van der Waals surface area contributed by atoms with Crippen LogP contribution in [0.15, 0.2) is 36.4 Å². The van der Waals surface area contributed by atoms with Gasteiger partial charge < -0.3 is 9.64 Å². The number of thiophene rings is 1. The van der Waals surface area contributed by atoms with Gasteiger partial charge in [0.1, 0.15) is 0 Å². The van der Waals surface area contributed by atoms with Crippen LogP contribution in [0.3, 0.4) is 0 Å². The smallest absolute Gasteiger partial charge is 0.267 e. The number of carbonyl (C=O) groups excluding carboxylic acids is 2. The highest BCUT2D eigenvalue weighted by Gasteiger charge is 2.25. The van der Waals surface area contributed by atoms with E-state index in [0.717, 1.165) is 47.8 Å². The molecule has 0 spiro atoms. The molecule has 1 saturated heterocycles. The van der Waals surface area contributed by atoms with Crippen LogP contribution in [0.5, 0.6) is 0 Å². The fraction of sp³-hybridized carbons (Fsp3) is 0.318. The lowest BCUT2D eigenvalue weighted by molar-refractivity contribution is 0.0975. The molecule has 8 heteroatoms. The number of carbonyl (C=O) groups is 2. The van der Waals surface area contributed by atoms with Crippen LogP contribution in [0.4, 0.5) is 10.1 Å². The molecular weight excluding hydrogens is 418 g/mol. The quantitative estimate of drug-likeness (QED) is 0.649. The van der Waals surface area contributed by atoms with Gasteiger partial charge in [-0.1, -0.05) is 41.7 Å². The number of nitrogens with zero attached hydrogens (tertiary/aromatic N) is 2. The van der Waals surface area contributed by atoms with E-state index < -0.39 is 0 Å². The van der Waals surface area contributed by atoms with Gasteiger partial charge in [0.2, 0.25) is 0 Å². The summed E-state index contributed by atoms with van der Waals surface area (Å²) < 4.78 is 5.50. The third kappa shape index (κ3) is 3.78. The molecule has 1 N–H and O–H groups in total. The second-order valence-electron chi connectivity index (χ2n) is 7.32. The topological polar surface area (TPSA) is 71.5 Å². The first-order chi connectivity index (χ1) is 14.7. The summed E-state index contributed by atoms with van der Waals surface area (Å²) in [6.07, 6.45) is 2.19. The normalized spacial score (nSPS) is 16.4. The van der Waals surface area contributed by atoms with E-state index in [1.54, 1.807) is 0 Å². The molecule has 0 bridgehead atoms. The zero-order chi connectivity index (χ0) is 20.5. The minimum Gasteiger partial charge on any atom is -0.378 e. The molecule has 3 heterocycles. The van der Waals surface area contributed by atoms with Gasteiger partial charge in [-0.05, 0) is 24.5 Å². The number of thiazole rings is 1. The molecule has 2 aliphatic rings. The van der Waals surface area contributed by atoms with Crippen LogP contribution in [0, 0.1) is 0 Å². The van der Waals surface area contributed by atoms with Crippen molar-refractivity contribution >= 4 is 44.5 Å². The Hall–Kier alpha value is -2.55. The summed E-state index contributed by atoms with van der Waals surface area (Å²) >= 11 is 2.78. The Labute approximate surface area is 182 Å². The second kappa shape index (κ2) is 8.29. The van der Waals surface area contributed by atoms with E-state index in [1.165, 1.54) is 22.7 Å². The van der Waals surface area contributed by atoms with Crippen molar-refractivity contribution in [2.75, 3.05) is 36.5 Å². The van der Waals surface area contributed by atoms with Gasteiger partial charge in [-0.3, -0.25) is 14.9 Å². The van der Waals surface area contributed by atoms with Gasteiger partial charge in [-0.15, -0.1) is 11.3 Å². The lowest BCUT2D eigenvalue weighted by Gasteiger charge is -2.28. The molecule has 1 aliphatic heterocycles. The van der Waals surface area contributed by atoms with Crippen LogP contribution in [0.25, 0.3) is 11.1 Å². The summed E-state index contributed by atoms with van der Waals surface area (Å²) in [4.78, 5) is 33.2. The third-order valence-corrected chi connectivity index (χ3v) is 7.56. The average molecular weight is 440 g/mol.